The van der Waals surface area contributed by atoms with Gasteiger partial charge in [0, 0.05) is 18.7 Å². The van der Waals surface area contributed by atoms with Crippen LogP contribution in [-0.2, 0) is 14.3 Å². The molecule has 0 atom stereocenters. The Morgan fingerprint density at radius 3 is 2.52 bits per heavy atom. The lowest BCUT2D eigenvalue weighted by Crippen LogP contribution is -2.28. The predicted molar refractivity (Wildman–Crippen MR) is 89.0 cm³/mol. The van der Waals surface area contributed by atoms with E-state index in [9.17, 15) is 14.0 Å². The minimum Gasteiger partial charge on any atom is -0.491 e. The Kier molecular flexibility index (Phi) is 11.0. The Morgan fingerprint density at radius 2 is 1.91 bits per heavy atom. The molecule has 2 N–H and O–H groups in total. The fourth-order valence-electron chi connectivity index (χ4n) is 1.23. The maximum Gasteiger partial charge on any atom is 0.261 e. The molecule has 23 heavy (non-hydrogen) atoms. The predicted octanol–water partition coefficient (Wildman–Crippen LogP) is 2.83. The van der Waals surface area contributed by atoms with Gasteiger partial charge in [0.2, 0.25) is 5.91 Å². The number of hydrogen-bond donors (Lipinski definition) is 2. The summed E-state index contributed by atoms with van der Waals surface area (Å²) in [6, 6.07) is 0. The van der Waals surface area contributed by atoms with Crippen molar-refractivity contribution in [3.63, 3.8) is 0 Å². The average molecular weight is 343 g/mol. The van der Waals surface area contributed by atoms with Crippen molar-refractivity contribution in [2.45, 2.75) is 12.8 Å². The van der Waals surface area contributed by atoms with Gasteiger partial charge >= 0.3 is 0 Å². The molecule has 0 aromatic heterocycles. The van der Waals surface area contributed by atoms with Crippen LogP contribution in [0.3, 0.4) is 0 Å². The molecule has 0 aliphatic rings. The number of allylic oxidation sites excluding steroid dienone is 5. The molecule has 0 unspecified atom stereocenters. The zero-order chi connectivity index (χ0) is 17.7. The lowest BCUT2D eigenvalue weighted by atomic mass is 10.2. The molecule has 0 aromatic rings. The summed E-state index contributed by atoms with van der Waals surface area (Å²) in [6.07, 6.45) is 5.87. The number of halogens is 2. The van der Waals surface area contributed by atoms with Crippen molar-refractivity contribution < 1.29 is 18.7 Å². The van der Waals surface area contributed by atoms with Gasteiger partial charge < -0.3 is 15.4 Å². The first kappa shape index (κ1) is 20.7. The molecule has 0 aliphatic carbocycles. The number of ether oxygens (including phenoxy) is 1. The van der Waals surface area contributed by atoms with Crippen molar-refractivity contribution in [3.8, 4) is 0 Å². The first-order chi connectivity index (χ1) is 10.9. The maximum atomic E-state index is 12.5. The highest BCUT2D eigenvalue weighted by Crippen LogP contribution is 2.12. The highest BCUT2D eigenvalue weighted by molar-refractivity contribution is 6.31. The number of carbonyl (C=O) groups is 2. The van der Waals surface area contributed by atoms with Gasteiger partial charge in [0.1, 0.15) is 5.83 Å². The Morgan fingerprint density at radius 1 is 1.22 bits per heavy atom. The maximum absolute atomic E-state index is 12.5. The van der Waals surface area contributed by atoms with Crippen LogP contribution in [0.25, 0.3) is 0 Å². The van der Waals surface area contributed by atoms with Gasteiger partial charge in [-0.1, -0.05) is 30.8 Å². The van der Waals surface area contributed by atoms with Gasteiger partial charge in [0.05, 0.1) is 11.3 Å². The van der Waals surface area contributed by atoms with Crippen molar-refractivity contribution >= 4 is 23.4 Å². The minimum atomic E-state index is -0.762. The summed E-state index contributed by atoms with van der Waals surface area (Å²) in [7, 11) is 0. The van der Waals surface area contributed by atoms with Crippen LogP contribution in [0.15, 0.2) is 60.8 Å². The Labute approximate surface area is 140 Å². The Balaban J connectivity index is 3.93. The van der Waals surface area contributed by atoms with E-state index in [1.807, 2.05) is 0 Å². The molecule has 0 aromatic carbocycles. The van der Waals surface area contributed by atoms with Crippen molar-refractivity contribution in [2.75, 3.05) is 13.2 Å². The first-order valence-corrected chi connectivity index (χ1v) is 7.08. The van der Waals surface area contributed by atoms with Gasteiger partial charge in [-0.25, -0.2) is 4.39 Å². The normalized spacial score (nSPS) is 11.0. The van der Waals surface area contributed by atoms with Crippen molar-refractivity contribution in [2.24, 2.45) is 0 Å². The number of amides is 2. The van der Waals surface area contributed by atoms with E-state index in [2.05, 4.69) is 30.4 Å². The van der Waals surface area contributed by atoms with Crippen LogP contribution in [0.2, 0.25) is 0 Å². The number of rotatable bonds is 11. The fraction of sp³-hybridized carbons (Fsp3) is 0.250. The van der Waals surface area contributed by atoms with Crippen molar-refractivity contribution in [3.05, 3.63) is 60.8 Å². The van der Waals surface area contributed by atoms with Gasteiger partial charge in [0.25, 0.3) is 5.91 Å². The third kappa shape index (κ3) is 11.9. The van der Waals surface area contributed by atoms with E-state index in [0.717, 1.165) is 0 Å². The summed E-state index contributed by atoms with van der Waals surface area (Å²) in [4.78, 5) is 22.9. The Hall–Kier alpha value is -2.34. The molecule has 7 heteroatoms. The quantitative estimate of drug-likeness (QED) is 0.345. The summed E-state index contributed by atoms with van der Waals surface area (Å²) >= 11 is 5.47. The molecule has 0 saturated carbocycles. The highest BCUT2D eigenvalue weighted by atomic mass is 35.5. The van der Waals surface area contributed by atoms with Crippen LogP contribution in [0.1, 0.15) is 12.8 Å². The molecule has 0 rings (SSSR count). The minimum absolute atomic E-state index is 0.155. The molecule has 0 fully saturated rings. The second-order valence-electron chi connectivity index (χ2n) is 4.30. The number of nitrogens with one attached hydrogen (secondary N) is 2. The van der Waals surface area contributed by atoms with E-state index in [-0.39, 0.29) is 24.0 Å². The van der Waals surface area contributed by atoms with Gasteiger partial charge in [0.15, 0.2) is 6.61 Å². The number of hydrogen-bond acceptors (Lipinski definition) is 3. The van der Waals surface area contributed by atoms with Crippen LogP contribution in [0.4, 0.5) is 4.39 Å². The molecule has 0 aliphatic heterocycles. The highest BCUT2D eigenvalue weighted by Gasteiger charge is 2.05. The molecular formula is C16H20ClFN2O3. The molecule has 126 valence electrons. The van der Waals surface area contributed by atoms with E-state index < -0.39 is 11.7 Å². The van der Waals surface area contributed by atoms with Gasteiger partial charge in [-0.3, -0.25) is 9.59 Å². The molecule has 0 spiro atoms. The van der Waals surface area contributed by atoms with E-state index >= 15 is 0 Å². The smallest absolute Gasteiger partial charge is 0.261 e. The van der Waals surface area contributed by atoms with Crippen molar-refractivity contribution in [1.29, 1.82) is 0 Å². The van der Waals surface area contributed by atoms with Gasteiger partial charge in [-0.05, 0) is 18.6 Å². The van der Waals surface area contributed by atoms with E-state index in [4.69, 9.17) is 16.3 Å². The molecule has 2 amide bonds. The summed E-state index contributed by atoms with van der Waals surface area (Å²) < 4.78 is 17.4. The lowest BCUT2D eigenvalue weighted by Gasteiger charge is -2.08. The molecule has 0 bridgehead atoms. The summed E-state index contributed by atoms with van der Waals surface area (Å²) in [5.74, 6) is -1.34. The van der Waals surface area contributed by atoms with Gasteiger partial charge in [-0.15, -0.1) is 6.58 Å². The third-order valence-corrected chi connectivity index (χ3v) is 2.64. The molecule has 0 heterocycles. The standard InChI is InChI=1S/C16H20ClFN2O3/c1-4-9-19-15(21)8-7-12(2)20-16(22)11-23-10-5-6-14(17)13(3)18/h4-6,10H,1-3,7-9,11H2,(H,19,21)(H,20,22)/b10-5+,14-6+. The largest absolute Gasteiger partial charge is 0.491 e. The third-order valence-electron chi connectivity index (χ3n) is 2.30. The van der Waals surface area contributed by atoms with Crippen molar-refractivity contribution in [1.82, 2.24) is 10.6 Å². The first-order valence-electron chi connectivity index (χ1n) is 6.70. The van der Waals surface area contributed by atoms with Crippen LogP contribution < -0.4 is 10.6 Å². The molecule has 0 saturated heterocycles. The van der Waals surface area contributed by atoms with Crippen LogP contribution in [-0.4, -0.2) is 25.0 Å². The van der Waals surface area contributed by atoms with E-state index in [1.54, 1.807) is 6.08 Å². The SMILES string of the molecule is C=CCNC(=O)CCC(=C)NC(=O)CO/C=C/C=C(/Cl)C(=C)F. The fourth-order valence-corrected chi connectivity index (χ4v) is 1.30. The summed E-state index contributed by atoms with van der Waals surface area (Å²) in [5, 5.41) is 4.96. The average Bonchev–Trinajstić information content (AvgIpc) is 2.50. The van der Waals surface area contributed by atoms with Crippen LogP contribution >= 0.6 is 11.6 Å². The topological polar surface area (TPSA) is 67.4 Å². The monoisotopic (exact) mass is 342 g/mol. The summed E-state index contributed by atoms with van der Waals surface area (Å²) in [6.45, 7) is 10.3. The zero-order valence-electron chi connectivity index (χ0n) is 12.7. The van der Waals surface area contributed by atoms with E-state index in [0.29, 0.717) is 18.7 Å². The van der Waals surface area contributed by atoms with Crippen LogP contribution in [0.5, 0.6) is 0 Å². The molecule has 5 nitrogen and oxygen atoms in total. The van der Waals surface area contributed by atoms with E-state index in [1.165, 1.54) is 18.4 Å². The lowest BCUT2D eigenvalue weighted by molar-refractivity contribution is -0.124. The second-order valence-corrected chi connectivity index (χ2v) is 4.71. The zero-order valence-corrected chi connectivity index (χ0v) is 13.5. The second kappa shape index (κ2) is 12.2. The molecular weight excluding hydrogens is 323 g/mol. The van der Waals surface area contributed by atoms with Gasteiger partial charge in [-0.2, -0.15) is 0 Å². The Bertz CT molecular complexity index is 527. The summed E-state index contributed by atoms with van der Waals surface area (Å²) in [5.41, 5.74) is 0.410. The number of carbonyl (C=O) groups excluding carboxylic acids is 2. The molecule has 0 radical (unpaired) electrons. The van der Waals surface area contributed by atoms with Crippen LogP contribution in [0, 0.1) is 0 Å².